The maximum atomic E-state index is 5.38. The van der Waals surface area contributed by atoms with Crippen molar-refractivity contribution in [1.29, 1.82) is 0 Å². The van der Waals surface area contributed by atoms with Gasteiger partial charge < -0.3 is 4.57 Å². The average Bonchev–Trinajstić information content (AvgIpc) is 3.83. The van der Waals surface area contributed by atoms with Gasteiger partial charge in [-0.1, -0.05) is 164 Å². The van der Waals surface area contributed by atoms with Crippen molar-refractivity contribution in [2.24, 2.45) is 0 Å². The van der Waals surface area contributed by atoms with Gasteiger partial charge in [-0.3, -0.25) is 0 Å². The minimum atomic E-state index is 0.693. The van der Waals surface area contributed by atoms with E-state index in [9.17, 15) is 0 Å². The van der Waals surface area contributed by atoms with Gasteiger partial charge >= 0.3 is 0 Å². The zero-order chi connectivity index (χ0) is 37.0. The first-order valence-electron chi connectivity index (χ1n) is 18.9. The predicted molar refractivity (Wildman–Crippen MR) is 236 cm³/mol. The van der Waals surface area contributed by atoms with Crippen LogP contribution in [0, 0.1) is 0 Å². The second-order valence-corrected chi connectivity index (χ2v) is 15.2. The molecule has 0 atom stereocenters. The van der Waals surface area contributed by atoms with Crippen molar-refractivity contribution < 1.29 is 0 Å². The van der Waals surface area contributed by atoms with Crippen molar-refractivity contribution >= 4 is 53.3 Å². The van der Waals surface area contributed by atoms with Crippen LogP contribution in [0.15, 0.2) is 200 Å². The molecule has 0 bridgehead atoms. The molecule has 262 valence electrons. The highest BCUT2D eigenvalue weighted by Crippen LogP contribution is 2.43. The van der Waals surface area contributed by atoms with Gasteiger partial charge in [-0.05, 0) is 58.7 Å². The highest BCUT2D eigenvalue weighted by molar-refractivity contribution is 7.26. The smallest absolute Gasteiger partial charge is 0.160 e. The summed E-state index contributed by atoms with van der Waals surface area (Å²) in [4.78, 5) is 10.7. The van der Waals surface area contributed by atoms with Crippen molar-refractivity contribution in [2.75, 3.05) is 0 Å². The van der Waals surface area contributed by atoms with E-state index in [1.807, 2.05) is 17.4 Å². The maximum absolute atomic E-state index is 5.38. The number of benzene rings is 8. The van der Waals surface area contributed by atoms with Crippen LogP contribution in [0.3, 0.4) is 0 Å². The topological polar surface area (TPSA) is 30.7 Å². The fraction of sp³-hybridized carbons (Fsp3) is 0. The Kier molecular flexibility index (Phi) is 7.68. The average molecular weight is 732 g/mol. The Hall–Kier alpha value is -7.14. The van der Waals surface area contributed by atoms with Gasteiger partial charge in [0.15, 0.2) is 5.82 Å². The van der Waals surface area contributed by atoms with E-state index < -0.39 is 0 Å². The van der Waals surface area contributed by atoms with Crippen molar-refractivity contribution in [3.63, 3.8) is 0 Å². The molecule has 11 aromatic rings. The zero-order valence-corrected chi connectivity index (χ0v) is 31.1. The largest absolute Gasteiger partial charge is 0.308 e. The Labute approximate surface area is 328 Å². The Morgan fingerprint density at radius 2 is 0.946 bits per heavy atom. The SMILES string of the molecule is c1ccc(-c2ccc(-c3nc(-c4cccc(-c5ccccc5)c4)cc(-c4cccc5c4c4ccccc4n5-c4cccc5c4sc4ccccc45)n3)cc2)cc1. The van der Waals surface area contributed by atoms with Gasteiger partial charge in [0, 0.05) is 42.9 Å². The summed E-state index contributed by atoms with van der Waals surface area (Å²) in [6.45, 7) is 0. The lowest BCUT2D eigenvalue weighted by molar-refractivity contribution is 1.18. The molecule has 3 aromatic heterocycles. The summed E-state index contributed by atoms with van der Waals surface area (Å²) in [6, 6.07) is 71.3. The molecular formula is C52H33N3S. The van der Waals surface area contributed by atoms with Crippen LogP contribution in [-0.4, -0.2) is 14.5 Å². The Balaban J connectivity index is 1.14. The third-order valence-corrected chi connectivity index (χ3v) is 12.0. The summed E-state index contributed by atoms with van der Waals surface area (Å²) in [5.74, 6) is 0.693. The molecule has 0 saturated heterocycles. The molecule has 0 fully saturated rings. The lowest BCUT2D eigenvalue weighted by atomic mass is 9.99. The summed E-state index contributed by atoms with van der Waals surface area (Å²) < 4.78 is 5.02. The number of thiophene rings is 1. The fourth-order valence-electron chi connectivity index (χ4n) is 8.19. The first-order valence-corrected chi connectivity index (χ1v) is 19.7. The number of para-hydroxylation sites is 1. The van der Waals surface area contributed by atoms with Gasteiger partial charge in [0.1, 0.15) is 0 Å². The van der Waals surface area contributed by atoms with E-state index in [1.165, 1.54) is 53.3 Å². The number of hydrogen-bond donors (Lipinski definition) is 0. The molecule has 0 amide bonds. The van der Waals surface area contributed by atoms with Crippen LogP contribution in [0.25, 0.3) is 104 Å². The van der Waals surface area contributed by atoms with Gasteiger partial charge in [0.05, 0.1) is 32.8 Å². The van der Waals surface area contributed by atoms with Crippen LogP contribution >= 0.6 is 11.3 Å². The quantitative estimate of drug-likeness (QED) is 0.170. The molecular weight excluding hydrogens is 699 g/mol. The molecule has 0 spiro atoms. The fourth-order valence-corrected chi connectivity index (χ4v) is 9.40. The molecule has 4 heteroatoms. The summed E-state index contributed by atoms with van der Waals surface area (Å²) in [7, 11) is 0. The number of fused-ring (bicyclic) bond motifs is 6. The van der Waals surface area contributed by atoms with Gasteiger partial charge in [-0.2, -0.15) is 0 Å². The van der Waals surface area contributed by atoms with Gasteiger partial charge in [0.2, 0.25) is 0 Å². The van der Waals surface area contributed by atoms with Gasteiger partial charge in [0.25, 0.3) is 0 Å². The van der Waals surface area contributed by atoms with E-state index in [-0.39, 0.29) is 0 Å². The minimum absolute atomic E-state index is 0.693. The second-order valence-electron chi connectivity index (χ2n) is 14.2. The molecule has 56 heavy (non-hydrogen) atoms. The zero-order valence-electron chi connectivity index (χ0n) is 30.3. The predicted octanol–water partition coefficient (Wildman–Crippen LogP) is 14.3. The van der Waals surface area contributed by atoms with Crippen molar-refractivity contribution in [2.45, 2.75) is 0 Å². The molecule has 0 N–H and O–H groups in total. The summed E-state index contributed by atoms with van der Waals surface area (Å²) in [6.07, 6.45) is 0. The van der Waals surface area contributed by atoms with Gasteiger partial charge in [-0.25, -0.2) is 9.97 Å². The van der Waals surface area contributed by atoms with Crippen LogP contribution in [0.4, 0.5) is 0 Å². The Morgan fingerprint density at radius 1 is 0.375 bits per heavy atom. The van der Waals surface area contributed by atoms with Crippen LogP contribution < -0.4 is 0 Å². The van der Waals surface area contributed by atoms with E-state index in [0.29, 0.717) is 5.82 Å². The van der Waals surface area contributed by atoms with Crippen LogP contribution in [0.1, 0.15) is 0 Å². The molecule has 0 aliphatic heterocycles. The third kappa shape index (κ3) is 5.42. The molecule has 8 aromatic carbocycles. The molecule has 0 aliphatic rings. The first-order chi connectivity index (χ1) is 27.8. The minimum Gasteiger partial charge on any atom is -0.308 e. The van der Waals surface area contributed by atoms with Crippen molar-refractivity contribution in [1.82, 2.24) is 14.5 Å². The Bertz CT molecular complexity index is 3230. The molecule has 0 unspecified atom stereocenters. The van der Waals surface area contributed by atoms with E-state index >= 15 is 0 Å². The number of hydrogen-bond acceptors (Lipinski definition) is 3. The third-order valence-electron chi connectivity index (χ3n) is 10.8. The highest BCUT2D eigenvalue weighted by Gasteiger charge is 2.20. The normalized spacial score (nSPS) is 11.6. The number of nitrogens with zero attached hydrogens (tertiary/aromatic N) is 3. The summed E-state index contributed by atoms with van der Waals surface area (Å²) in [5.41, 5.74) is 13.0. The molecule has 0 saturated carbocycles. The molecule has 11 rings (SSSR count). The number of rotatable bonds is 6. The van der Waals surface area contributed by atoms with Crippen molar-refractivity contribution in [3.8, 4) is 61.8 Å². The van der Waals surface area contributed by atoms with E-state index in [0.717, 1.165) is 44.7 Å². The van der Waals surface area contributed by atoms with Crippen LogP contribution in [0.5, 0.6) is 0 Å². The lowest BCUT2D eigenvalue weighted by Gasteiger charge is -2.12. The van der Waals surface area contributed by atoms with E-state index in [4.69, 9.17) is 9.97 Å². The van der Waals surface area contributed by atoms with E-state index in [1.54, 1.807) is 0 Å². The van der Waals surface area contributed by atoms with Gasteiger partial charge in [-0.15, -0.1) is 11.3 Å². The summed E-state index contributed by atoms with van der Waals surface area (Å²) in [5, 5.41) is 4.95. The maximum Gasteiger partial charge on any atom is 0.160 e. The molecule has 3 nitrogen and oxygen atoms in total. The van der Waals surface area contributed by atoms with Crippen LogP contribution in [-0.2, 0) is 0 Å². The van der Waals surface area contributed by atoms with Crippen molar-refractivity contribution in [3.05, 3.63) is 200 Å². The summed E-state index contributed by atoms with van der Waals surface area (Å²) >= 11 is 1.86. The molecule has 0 aliphatic carbocycles. The first kappa shape index (κ1) is 32.3. The monoisotopic (exact) mass is 731 g/mol. The van der Waals surface area contributed by atoms with Crippen LogP contribution in [0.2, 0.25) is 0 Å². The Morgan fingerprint density at radius 3 is 1.77 bits per heavy atom. The highest BCUT2D eigenvalue weighted by atomic mass is 32.1. The standard InChI is InChI=1S/C52H33N3S/c1-3-14-34(15-4-1)36-28-30-37(31-29-36)52-53-44(39-19-11-18-38(32-39)35-16-5-2-6-17-35)33-45(54-52)42-23-13-25-47-50(42)43-21-7-9-24-46(43)55(47)48-26-12-22-41-40-20-8-10-27-49(40)56-51(41)48/h1-33H. The molecule has 3 heterocycles. The molecule has 0 radical (unpaired) electrons. The number of aromatic nitrogens is 3. The second kappa shape index (κ2) is 13.3. The van der Waals surface area contributed by atoms with E-state index in [2.05, 4.69) is 199 Å². The lowest BCUT2D eigenvalue weighted by Crippen LogP contribution is -1.97.